The lowest BCUT2D eigenvalue weighted by Crippen LogP contribution is -2.28. The molecule has 3 nitrogen and oxygen atoms in total. The topological polar surface area (TPSA) is 47.6 Å². The van der Waals surface area contributed by atoms with E-state index < -0.39 is 0 Å². The molecule has 2 N–H and O–H groups in total. The molecule has 0 saturated heterocycles. The van der Waals surface area contributed by atoms with Crippen LogP contribution >= 0.6 is 0 Å². The Labute approximate surface area is 66.6 Å². The van der Waals surface area contributed by atoms with Crippen molar-refractivity contribution >= 4 is 5.90 Å². The van der Waals surface area contributed by atoms with Crippen LogP contribution in [0.1, 0.15) is 19.3 Å². The van der Waals surface area contributed by atoms with Crippen LogP contribution in [0.25, 0.3) is 0 Å². The molecule has 11 heavy (non-hydrogen) atoms. The van der Waals surface area contributed by atoms with Gasteiger partial charge in [-0.05, 0) is 12.8 Å². The number of hydrogen-bond donors (Lipinski definition) is 1. The van der Waals surface area contributed by atoms with Gasteiger partial charge in [0.15, 0.2) is 5.90 Å². The highest BCUT2D eigenvalue weighted by Gasteiger charge is 2.29. The molecule has 0 radical (unpaired) electrons. The van der Waals surface area contributed by atoms with Gasteiger partial charge < -0.3 is 10.5 Å². The molecule has 1 atom stereocenters. The first-order valence-corrected chi connectivity index (χ1v) is 4.31. The zero-order chi connectivity index (χ0) is 7.68. The summed E-state index contributed by atoms with van der Waals surface area (Å²) in [6.45, 7) is 1.38. The van der Waals surface area contributed by atoms with Crippen LogP contribution in [0.2, 0.25) is 0 Å². The lowest BCUT2D eigenvalue weighted by atomic mass is 9.85. The minimum Gasteiger partial charge on any atom is -0.474 e. The number of nitrogens with two attached hydrogens (primary N) is 1. The summed E-state index contributed by atoms with van der Waals surface area (Å²) in [5, 5.41) is 0. The molecule has 1 aliphatic heterocycles. The minimum atomic E-state index is 0.172. The van der Waals surface area contributed by atoms with Crippen molar-refractivity contribution in [1.29, 1.82) is 0 Å². The summed E-state index contributed by atoms with van der Waals surface area (Å²) in [6.07, 6.45) is 4.03. The highest BCUT2D eigenvalue weighted by atomic mass is 16.5. The SMILES string of the molecule is NCC1CN=C(C2CCC2)O1. The lowest BCUT2D eigenvalue weighted by molar-refractivity contribution is 0.203. The van der Waals surface area contributed by atoms with Gasteiger partial charge in [-0.15, -0.1) is 0 Å². The summed E-state index contributed by atoms with van der Waals surface area (Å²) in [4.78, 5) is 4.32. The smallest absolute Gasteiger partial charge is 0.186 e. The van der Waals surface area contributed by atoms with Gasteiger partial charge >= 0.3 is 0 Å². The number of nitrogens with zero attached hydrogens (tertiary/aromatic N) is 1. The average Bonchev–Trinajstić information content (AvgIpc) is 2.32. The van der Waals surface area contributed by atoms with Gasteiger partial charge in [-0.2, -0.15) is 0 Å². The van der Waals surface area contributed by atoms with Crippen LogP contribution in [0.5, 0.6) is 0 Å². The maximum absolute atomic E-state index is 5.54. The summed E-state index contributed by atoms with van der Waals surface area (Å²) in [6, 6.07) is 0. The third kappa shape index (κ3) is 1.25. The molecule has 1 aliphatic carbocycles. The second-order valence-electron chi connectivity index (χ2n) is 3.28. The molecule has 0 spiro atoms. The van der Waals surface area contributed by atoms with Gasteiger partial charge in [0.25, 0.3) is 0 Å². The summed E-state index contributed by atoms with van der Waals surface area (Å²) in [7, 11) is 0. The molecule has 0 aromatic carbocycles. The normalized spacial score (nSPS) is 31.0. The predicted molar refractivity (Wildman–Crippen MR) is 43.6 cm³/mol. The molecule has 1 fully saturated rings. The molecule has 1 unspecified atom stereocenters. The van der Waals surface area contributed by atoms with Gasteiger partial charge in [-0.3, -0.25) is 4.99 Å². The minimum absolute atomic E-state index is 0.172. The van der Waals surface area contributed by atoms with E-state index in [0.29, 0.717) is 12.5 Å². The third-order valence-corrected chi connectivity index (χ3v) is 2.46. The second-order valence-corrected chi connectivity index (χ2v) is 3.28. The molecule has 1 saturated carbocycles. The molecule has 2 rings (SSSR count). The maximum Gasteiger partial charge on any atom is 0.186 e. The Morgan fingerprint density at radius 1 is 1.55 bits per heavy atom. The maximum atomic E-state index is 5.54. The fourth-order valence-corrected chi connectivity index (χ4v) is 1.44. The average molecular weight is 154 g/mol. The van der Waals surface area contributed by atoms with E-state index in [-0.39, 0.29) is 6.10 Å². The quantitative estimate of drug-likeness (QED) is 0.631. The first-order chi connectivity index (χ1) is 5.40. The third-order valence-electron chi connectivity index (χ3n) is 2.46. The molecule has 0 aromatic heterocycles. The highest BCUT2D eigenvalue weighted by molar-refractivity contribution is 5.80. The van der Waals surface area contributed by atoms with Gasteiger partial charge in [0.1, 0.15) is 6.10 Å². The van der Waals surface area contributed by atoms with E-state index in [9.17, 15) is 0 Å². The van der Waals surface area contributed by atoms with Crippen LogP contribution in [-0.2, 0) is 4.74 Å². The molecule has 62 valence electrons. The summed E-state index contributed by atoms with van der Waals surface area (Å²) in [5.41, 5.74) is 5.46. The Balaban J connectivity index is 1.86. The van der Waals surface area contributed by atoms with Crippen molar-refractivity contribution in [2.24, 2.45) is 16.6 Å². The summed E-state index contributed by atoms with van der Waals surface area (Å²) < 4.78 is 5.54. The van der Waals surface area contributed by atoms with Crippen molar-refractivity contribution < 1.29 is 4.74 Å². The van der Waals surface area contributed by atoms with Crippen molar-refractivity contribution in [3.8, 4) is 0 Å². The fourth-order valence-electron chi connectivity index (χ4n) is 1.44. The van der Waals surface area contributed by atoms with Crippen LogP contribution < -0.4 is 5.73 Å². The van der Waals surface area contributed by atoms with Crippen molar-refractivity contribution in [2.75, 3.05) is 13.1 Å². The van der Waals surface area contributed by atoms with E-state index in [1.165, 1.54) is 19.3 Å². The molecule has 0 amide bonds. The van der Waals surface area contributed by atoms with Gasteiger partial charge in [-0.25, -0.2) is 0 Å². The van der Waals surface area contributed by atoms with Gasteiger partial charge in [0.2, 0.25) is 0 Å². The van der Waals surface area contributed by atoms with Crippen LogP contribution in [0.15, 0.2) is 4.99 Å². The van der Waals surface area contributed by atoms with Crippen LogP contribution in [0.4, 0.5) is 0 Å². The summed E-state index contributed by atoms with van der Waals surface area (Å²) >= 11 is 0. The van der Waals surface area contributed by atoms with E-state index >= 15 is 0 Å². The van der Waals surface area contributed by atoms with Crippen LogP contribution in [-0.4, -0.2) is 25.1 Å². The molecule has 0 aromatic rings. The number of hydrogen-bond acceptors (Lipinski definition) is 3. The summed E-state index contributed by atoms with van der Waals surface area (Å²) in [5.74, 6) is 1.61. The highest BCUT2D eigenvalue weighted by Crippen LogP contribution is 2.30. The van der Waals surface area contributed by atoms with Crippen molar-refractivity contribution in [2.45, 2.75) is 25.4 Å². The number of aliphatic imine (C=N–C) groups is 1. The molecule has 3 heteroatoms. The van der Waals surface area contributed by atoms with E-state index in [1.807, 2.05) is 0 Å². The van der Waals surface area contributed by atoms with E-state index in [1.54, 1.807) is 0 Å². The van der Waals surface area contributed by atoms with Crippen LogP contribution in [0, 0.1) is 5.92 Å². The lowest BCUT2D eigenvalue weighted by Gasteiger charge is -2.25. The molecule has 0 bridgehead atoms. The Kier molecular flexibility index (Phi) is 1.82. The van der Waals surface area contributed by atoms with Crippen LogP contribution in [0.3, 0.4) is 0 Å². The van der Waals surface area contributed by atoms with Crippen molar-refractivity contribution in [3.05, 3.63) is 0 Å². The standard InChI is InChI=1S/C8H14N2O/c9-4-7-5-10-8(11-7)6-2-1-3-6/h6-7H,1-5,9H2. The molecular weight excluding hydrogens is 140 g/mol. The Hall–Kier alpha value is -0.570. The monoisotopic (exact) mass is 154 g/mol. The number of rotatable bonds is 2. The van der Waals surface area contributed by atoms with Gasteiger partial charge in [-0.1, -0.05) is 6.42 Å². The number of ether oxygens (including phenoxy) is 1. The molecule has 2 aliphatic rings. The fraction of sp³-hybridized carbons (Fsp3) is 0.875. The molecular formula is C8H14N2O. The second kappa shape index (κ2) is 2.81. The first kappa shape index (κ1) is 7.10. The van der Waals surface area contributed by atoms with Crippen molar-refractivity contribution in [1.82, 2.24) is 0 Å². The Morgan fingerprint density at radius 2 is 2.36 bits per heavy atom. The molecule has 1 heterocycles. The van der Waals surface area contributed by atoms with E-state index in [2.05, 4.69) is 4.99 Å². The van der Waals surface area contributed by atoms with E-state index in [4.69, 9.17) is 10.5 Å². The Morgan fingerprint density at radius 3 is 2.82 bits per heavy atom. The largest absolute Gasteiger partial charge is 0.474 e. The van der Waals surface area contributed by atoms with Gasteiger partial charge in [0.05, 0.1) is 6.54 Å². The predicted octanol–water partition coefficient (Wildman–Crippen LogP) is 0.542. The Bertz CT molecular complexity index is 175. The first-order valence-electron chi connectivity index (χ1n) is 4.31. The zero-order valence-electron chi connectivity index (χ0n) is 6.62. The zero-order valence-corrected chi connectivity index (χ0v) is 6.62. The van der Waals surface area contributed by atoms with Crippen molar-refractivity contribution in [3.63, 3.8) is 0 Å². The van der Waals surface area contributed by atoms with E-state index in [0.717, 1.165) is 12.4 Å². The van der Waals surface area contributed by atoms with Gasteiger partial charge in [0, 0.05) is 12.5 Å².